The summed E-state index contributed by atoms with van der Waals surface area (Å²) in [6.07, 6.45) is 4.81. The minimum absolute atomic E-state index is 0.00983. The van der Waals surface area contributed by atoms with Crippen molar-refractivity contribution in [2.45, 2.75) is 68.7 Å². The van der Waals surface area contributed by atoms with E-state index in [2.05, 4.69) is 10.6 Å². The van der Waals surface area contributed by atoms with E-state index in [9.17, 15) is 13.2 Å². The van der Waals surface area contributed by atoms with Crippen molar-refractivity contribution < 1.29 is 17.6 Å². The molecule has 2 aromatic rings. The van der Waals surface area contributed by atoms with Gasteiger partial charge in [-0.3, -0.25) is 10.3 Å². The van der Waals surface area contributed by atoms with E-state index in [1.54, 1.807) is 6.21 Å². The molecule has 0 amide bonds. The fourth-order valence-corrected chi connectivity index (χ4v) is 5.08. The maximum atomic E-state index is 15.5. The molecule has 1 aliphatic carbocycles. The number of hydrogen-bond donors (Lipinski definition) is 2. The van der Waals surface area contributed by atoms with Crippen molar-refractivity contribution in [3.63, 3.8) is 0 Å². The Hall–Kier alpha value is -2.51. The van der Waals surface area contributed by atoms with Gasteiger partial charge in [0.25, 0.3) is 0 Å². The summed E-state index contributed by atoms with van der Waals surface area (Å²) in [6.45, 7) is 0. The van der Waals surface area contributed by atoms with Gasteiger partial charge in [-0.15, -0.1) is 0 Å². The van der Waals surface area contributed by atoms with E-state index in [1.165, 1.54) is 0 Å². The second-order valence-electron chi connectivity index (χ2n) is 9.23. The molecule has 1 aliphatic heterocycles. The van der Waals surface area contributed by atoms with Gasteiger partial charge >= 0.3 is 6.18 Å². The number of benzene rings is 2. The monoisotopic (exact) mass is 473 g/mol. The summed E-state index contributed by atoms with van der Waals surface area (Å²) in [7, 11) is 1.85. The molecule has 3 nitrogen and oxygen atoms in total. The van der Waals surface area contributed by atoms with E-state index in [4.69, 9.17) is 4.99 Å². The van der Waals surface area contributed by atoms with Crippen LogP contribution in [-0.2, 0) is 18.1 Å². The predicted molar refractivity (Wildman–Crippen MR) is 127 cm³/mol. The van der Waals surface area contributed by atoms with Gasteiger partial charge < -0.3 is 5.32 Å². The Kier molecular flexibility index (Phi) is 7.53. The smallest absolute Gasteiger partial charge is 0.312 e. The van der Waals surface area contributed by atoms with Gasteiger partial charge in [-0.05, 0) is 56.5 Å². The Morgan fingerprint density at radius 3 is 2.41 bits per heavy atom. The van der Waals surface area contributed by atoms with E-state index >= 15 is 4.39 Å². The fraction of sp³-hybridized carbons (Fsp3) is 0.444. The number of allylic oxidation sites excluding steroid dienone is 1. The van der Waals surface area contributed by atoms with Crippen LogP contribution in [-0.4, -0.2) is 25.3 Å². The van der Waals surface area contributed by atoms with E-state index in [0.717, 1.165) is 55.9 Å². The van der Waals surface area contributed by atoms with Crippen molar-refractivity contribution in [2.75, 3.05) is 7.05 Å². The van der Waals surface area contributed by atoms with Gasteiger partial charge in [0, 0.05) is 30.3 Å². The summed E-state index contributed by atoms with van der Waals surface area (Å²) in [4.78, 5) is 4.76. The van der Waals surface area contributed by atoms with Crippen LogP contribution in [0.4, 0.5) is 17.6 Å². The molecular weight excluding hydrogens is 442 g/mol. The van der Waals surface area contributed by atoms with Crippen LogP contribution in [0.3, 0.4) is 0 Å². The molecule has 2 aromatic carbocycles. The third-order valence-electron chi connectivity index (χ3n) is 6.89. The summed E-state index contributed by atoms with van der Waals surface area (Å²) < 4.78 is 56.7. The molecule has 1 saturated carbocycles. The van der Waals surface area contributed by atoms with E-state index in [1.807, 2.05) is 43.5 Å². The average Bonchev–Trinajstić information content (AvgIpc) is 3.20. The number of rotatable bonds is 7. The first kappa shape index (κ1) is 24.6. The topological polar surface area (TPSA) is 36.4 Å². The van der Waals surface area contributed by atoms with Gasteiger partial charge in [-0.25, -0.2) is 4.39 Å². The lowest BCUT2D eigenvalue weighted by molar-refractivity contribution is -0.137. The van der Waals surface area contributed by atoms with E-state index in [0.29, 0.717) is 12.1 Å². The van der Waals surface area contributed by atoms with Crippen LogP contribution in [0.15, 0.2) is 65.3 Å². The van der Waals surface area contributed by atoms with Crippen molar-refractivity contribution in [1.29, 1.82) is 0 Å². The highest BCUT2D eigenvalue weighted by Gasteiger charge is 2.43. The Morgan fingerprint density at radius 2 is 1.74 bits per heavy atom. The molecule has 4 rings (SSSR count). The highest BCUT2D eigenvalue weighted by atomic mass is 19.4. The number of nitrogens with zero attached hydrogens (tertiary/aromatic N) is 1. The minimum atomic E-state index is -4.58. The van der Waals surface area contributed by atoms with Crippen LogP contribution in [0.5, 0.6) is 0 Å². The summed E-state index contributed by atoms with van der Waals surface area (Å²) >= 11 is 0. The van der Waals surface area contributed by atoms with Crippen molar-refractivity contribution in [3.8, 4) is 0 Å². The molecule has 0 bridgehead atoms. The van der Waals surface area contributed by atoms with Gasteiger partial charge in [0.15, 0.2) is 0 Å². The molecule has 34 heavy (non-hydrogen) atoms. The predicted octanol–water partition coefficient (Wildman–Crippen LogP) is 6.15. The van der Waals surface area contributed by atoms with Crippen molar-refractivity contribution in [1.82, 2.24) is 10.6 Å². The summed E-state index contributed by atoms with van der Waals surface area (Å²) in [5.74, 6) is -0.667. The largest absolute Gasteiger partial charge is 0.416 e. The van der Waals surface area contributed by atoms with E-state index < -0.39 is 23.1 Å². The quantitative estimate of drug-likeness (QED) is 0.473. The number of aliphatic imine (C=N–C) groups is 1. The first-order chi connectivity index (χ1) is 16.3. The number of alkyl halides is 3. The number of hydrogen-bond acceptors (Lipinski definition) is 3. The molecule has 2 atom stereocenters. The molecule has 0 spiro atoms. The third-order valence-corrected chi connectivity index (χ3v) is 6.89. The number of halogens is 4. The van der Waals surface area contributed by atoms with Crippen LogP contribution in [0.25, 0.3) is 0 Å². The highest BCUT2D eigenvalue weighted by molar-refractivity contribution is 5.67. The molecule has 2 aliphatic rings. The fourth-order valence-electron chi connectivity index (χ4n) is 5.08. The van der Waals surface area contributed by atoms with Gasteiger partial charge in [0.1, 0.15) is 5.82 Å². The second kappa shape index (κ2) is 10.4. The molecular formula is C27H31F4N3. The van der Waals surface area contributed by atoms with Crippen LogP contribution >= 0.6 is 0 Å². The molecule has 1 heterocycles. The number of nitrogens with one attached hydrogen (secondary N) is 2. The lowest BCUT2D eigenvalue weighted by Crippen LogP contribution is -2.50. The molecule has 7 heteroatoms. The normalized spacial score (nSPS) is 21.2. The van der Waals surface area contributed by atoms with Crippen molar-refractivity contribution >= 4 is 6.21 Å². The summed E-state index contributed by atoms with van der Waals surface area (Å²) in [5.41, 5.74) is -0.638. The molecule has 182 valence electrons. The minimum Gasteiger partial charge on any atom is -0.312 e. The third kappa shape index (κ3) is 5.41. The van der Waals surface area contributed by atoms with Crippen molar-refractivity contribution in [3.05, 3.63) is 82.8 Å². The SMILES string of the molecule is CNC1C=NC(C(Cc2ccccc2)(NC2CCCC2)c2cc(C(F)(F)F)ccc2F)=CCC1. The highest BCUT2D eigenvalue weighted by Crippen LogP contribution is 2.41. The molecule has 0 aromatic heterocycles. The summed E-state index contributed by atoms with van der Waals surface area (Å²) in [6, 6.07) is 12.3. The average molecular weight is 474 g/mol. The Labute approximate surface area is 198 Å². The standard InChI is InChI=1S/C27H31F4N3/c1-32-22-12-7-13-25(33-18-22)26(34-21-10-5-6-11-21,17-19-8-3-2-4-9-19)23-16-20(27(29,30)31)14-15-24(23)28/h2-4,8-9,13-16,18,21-22,32,34H,5-7,10-12,17H2,1H3. The van der Waals surface area contributed by atoms with Gasteiger partial charge in [-0.1, -0.05) is 49.2 Å². The molecule has 2 N–H and O–H groups in total. The molecule has 0 radical (unpaired) electrons. The lowest BCUT2D eigenvalue weighted by Gasteiger charge is -2.39. The van der Waals surface area contributed by atoms with Crippen molar-refractivity contribution in [2.24, 2.45) is 4.99 Å². The zero-order valence-electron chi connectivity index (χ0n) is 19.3. The van der Waals surface area contributed by atoms with E-state index in [-0.39, 0.29) is 24.1 Å². The molecule has 1 fully saturated rings. The van der Waals surface area contributed by atoms with Gasteiger partial charge in [-0.2, -0.15) is 13.2 Å². The van der Waals surface area contributed by atoms with Crippen LogP contribution in [0.2, 0.25) is 0 Å². The molecule has 0 saturated heterocycles. The Morgan fingerprint density at radius 1 is 1.00 bits per heavy atom. The van der Waals surface area contributed by atoms with Gasteiger partial charge in [0.2, 0.25) is 0 Å². The molecule has 2 unspecified atom stereocenters. The second-order valence-corrected chi connectivity index (χ2v) is 9.23. The Bertz CT molecular complexity index is 1030. The maximum Gasteiger partial charge on any atom is 0.416 e. The zero-order chi connectivity index (χ0) is 24.2. The Balaban J connectivity index is 1.93. The summed E-state index contributed by atoms with van der Waals surface area (Å²) in [5, 5.41) is 6.83. The zero-order valence-corrected chi connectivity index (χ0v) is 19.3. The maximum absolute atomic E-state index is 15.5. The first-order valence-corrected chi connectivity index (χ1v) is 11.9. The van der Waals surface area contributed by atoms with Crippen LogP contribution in [0.1, 0.15) is 55.2 Å². The first-order valence-electron chi connectivity index (χ1n) is 11.9. The van der Waals surface area contributed by atoms with Gasteiger partial charge in [0.05, 0.1) is 16.8 Å². The lowest BCUT2D eigenvalue weighted by atomic mass is 9.78. The van der Waals surface area contributed by atoms with Crippen LogP contribution < -0.4 is 10.6 Å². The van der Waals surface area contributed by atoms with Crippen LogP contribution in [0, 0.1) is 5.82 Å².